The maximum atomic E-state index is 4.41. The third kappa shape index (κ3) is 4.32. The first kappa shape index (κ1) is 14.5. The second-order valence-corrected chi connectivity index (χ2v) is 5.80. The molecule has 1 heterocycles. The van der Waals surface area contributed by atoms with E-state index >= 15 is 0 Å². The molecular formula is C14H24N2S. The fourth-order valence-electron chi connectivity index (χ4n) is 1.88. The molecule has 0 aliphatic heterocycles. The van der Waals surface area contributed by atoms with Crippen molar-refractivity contribution in [3.05, 3.63) is 29.6 Å². The molecule has 2 nitrogen and oxygen atoms in total. The minimum Gasteiger partial charge on any atom is -0.310 e. The Morgan fingerprint density at radius 1 is 1.29 bits per heavy atom. The van der Waals surface area contributed by atoms with Gasteiger partial charge < -0.3 is 5.32 Å². The zero-order chi connectivity index (χ0) is 12.7. The topological polar surface area (TPSA) is 24.9 Å². The van der Waals surface area contributed by atoms with Crippen molar-refractivity contribution in [2.75, 3.05) is 12.8 Å². The van der Waals surface area contributed by atoms with E-state index < -0.39 is 0 Å². The Hall–Kier alpha value is -0.540. The van der Waals surface area contributed by atoms with Crippen LogP contribution in [0.5, 0.6) is 0 Å². The fraction of sp³-hybridized carbons (Fsp3) is 0.643. The third-order valence-electron chi connectivity index (χ3n) is 3.45. The number of nitrogens with one attached hydrogen (secondary N) is 1. The maximum Gasteiger partial charge on any atom is 0.0541 e. The van der Waals surface area contributed by atoms with Crippen molar-refractivity contribution in [1.29, 1.82) is 0 Å². The van der Waals surface area contributed by atoms with Gasteiger partial charge in [0.1, 0.15) is 0 Å². The van der Waals surface area contributed by atoms with Gasteiger partial charge in [-0.05, 0) is 37.7 Å². The highest BCUT2D eigenvalue weighted by Crippen LogP contribution is 2.29. The van der Waals surface area contributed by atoms with E-state index in [9.17, 15) is 0 Å². The lowest BCUT2D eigenvalue weighted by Crippen LogP contribution is -2.36. The van der Waals surface area contributed by atoms with Crippen LogP contribution in [-0.4, -0.2) is 22.5 Å². The van der Waals surface area contributed by atoms with E-state index in [0.29, 0.717) is 4.75 Å². The molecule has 1 rings (SSSR count). The van der Waals surface area contributed by atoms with E-state index in [0.717, 1.165) is 18.8 Å². The highest BCUT2D eigenvalue weighted by molar-refractivity contribution is 8.00. The van der Waals surface area contributed by atoms with Gasteiger partial charge in [0.05, 0.1) is 5.69 Å². The molecule has 0 saturated carbocycles. The molecule has 0 unspecified atom stereocenters. The Morgan fingerprint density at radius 3 is 2.47 bits per heavy atom. The second kappa shape index (κ2) is 7.02. The van der Waals surface area contributed by atoms with Crippen LogP contribution in [0.1, 0.15) is 37.9 Å². The number of rotatable bonds is 7. The van der Waals surface area contributed by atoms with Gasteiger partial charge in [-0.1, -0.05) is 19.9 Å². The standard InChI is InChI=1S/C14H24N2S/c1-5-14(6-2,17-4)11-15-10-13-8-7-12(3)9-16-13/h7-9,15H,5-6,10-11H2,1-4H3. The first-order chi connectivity index (χ1) is 8.15. The van der Waals surface area contributed by atoms with Crippen molar-refractivity contribution in [2.45, 2.75) is 44.9 Å². The number of aromatic nitrogens is 1. The normalized spacial score (nSPS) is 11.8. The summed E-state index contributed by atoms with van der Waals surface area (Å²) >= 11 is 1.97. The number of thioether (sulfide) groups is 1. The Labute approximate surface area is 110 Å². The van der Waals surface area contributed by atoms with Crippen molar-refractivity contribution in [3.63, 3.8) is 0 Å². The first-order valence-electron chi connectivity index (χ1n) is 6.33. The molecule has 0 atom stereocenters. The molecule has 17 heavy (non-hydrogen) atoms. The number of hydrogen-bond acceptors (Lipinski definition) is 3. The summed E-state index contributed by atoms with van der Waals surface area (Å²) in [6.07, 6.45) is 6.55. The van der Waals surface area contributed by atoms with E-state index in [1.54, 1.807) is 0 Å². The van der Waals surface area contributed by atoms with Gasteiger partial charge in [0.25, 0.3) is 0 Å². The molecule has 0 spiro atoms. The number of nitrogens with zero attached hydrogens (tertiary/aromatic N) is 1. The van der Waals surface area contributed by atoms with Gasteiger partial charge in [0.15, 0.2) is 0 Å². The summed E-state index contributed by atoms with van der Waals surface area (Å²) in [6, 6.07) is 4.21. The molecule has 0 fully saturated rings. The van der Waals surface area contributed by atoms with Crippen LogP contribution < -0.4 is 5.32 Å². The van der Waals surface area contributed by atoms with Crippen LogP contribution in [0.2, 0.25) is 0 Å². The van der Waals surface area contributed by atoms with E-state index in [2.05, 4.69) is 49.5 Å². The average Bonchev–Trinajstić information content (AvgIpc) is 2.38. The average molecular weight is 252 g/mol. The monoisotopic (exact) mass is 252 g/mol. The summed E-state index contributed by atoms with van der Waals surface area (Å²) in [7, 11) is 0. The second-order valence-electron chi connectivity index (χ2n) is 4.52. The summed E-state index contributed by atoms with van der Waals surface area (Å²) in [4.78, 5) is 4.41. The first-order valence-corrected chi connectivity index (χ1v) is 7.55. The molecule has 96 valence electrons. The van der Waals surface area contributed by atoms with Crippen molar-refractivity contribution in [3.8, 4) is 0 Å². The lowest BCUT2D eigenvalue weighted by atomic mass is 10.0. The Kier molecular flexibility index (Phi) is 6.00. The van der Waals surface area contributed by atoms with Gasteiger partial charge in [0.2, 0.25) is 0 Å². The van der Waals surface area contributed by atoms with E-state index in [1.165, 1.54) is 18.4 Å². The molecule has 1 N–H and O–H groups in total. The smallest absolute Gasteiger partial charge is 0.0541 e. The Morgan fingerprint density at radius 2 is 2.00 bits per heavy atom. The van der Waals surface area contributed by atoms with E-state index in [-0.39, 0.29) is 0 Å². The summed E-state index contributed by atoms with van der Waals surface area (Å²) in [6.45, 7) is 8.52. The highest BCUT2D eigenvalue weighted by atomic mass is 32.2. The van der Waals surface area contributed by atoms with E-state index in [1.807, 2.05) is 18.0 Å². The SMILES string of the molecule is CCC(CC)(CNCc1ccc(C)cn1)SC. The molecule has 1 aromatic heterocycles. The van der Waals surface area contributed by atoms with Crippen molar-refractivity contribution in [2.24, 2.45) is 0 Å². The predicted molar refractivity (Wildman–Crippen MR) is 77.5 cm³/mol. The molecule has 0 radical (unpaired) electrons. The van der Waals surface area contributed by atoms with Gasteiger partial charge in [-0.3, -0.25) is 4.98 Å². The van der Waals surface area contributed by atoms with Gasteiger partial charge in [-0.2, -0.15) is 11.8 Å². The molecular weight excluding hydrogens is 228 g/mol. The van der Waals surface area contributed by atoms with Crippen molar-refractivity contribution < 1.29 is 0 Å². The molecule has 0 aliphatic rings. The van der Waals surface area contributed by atoms with Crippen LogP contribution in [-0.2, 0) is 6.54 Å². The van der Waals surface area contributed by atoms with Crippen LogP contribution in [0.4, 0.5) is 0 Å². The molecule has 0 aromatic carbocycles. The lowest BCUT2D eigenvalue weighted by molar-refractivity contribution is 0.493. The van der Waals surface area contributed by atoms with Gasteiger partial charge >= 0.3 is 0 Å². The zero-order valence-corrected chi connectivity index (χ0v) is 12.2. The minimum absolute atomic E-state index is 0.380. The van der Waals surface area contributed by atoms with Crippen LogP contribution in [0.3, 0.4) is 0 Å². The quantitative estimate of drug-likeness (QED) is 0.805. The largest absolute Gasteiger partial charge is 0.310 e. The molecule has 1 aromatic rings. The summed E-state index contributed by atoms with van der Waals surface area (Å²) in [5.74, 6) is 0. The zero-order valence-electron chi connectivity index (χ0n) is 11.4. The van der Waals surface area contributed by atoms with Gasteiger partial charge in [0, 0.05) is 24.0 Å². The molecule has 0 amide bonds. The molecule has 0 saturated heterocycles. The summed E-state index contributed by atoms with van der Waals surface area (Å²) < 4.78 is 0.380. The maximum absolute atomic E-state index is 4.41. The third-order valence-corrected chi connectivity index (χ3v) is 5.04. The Bertz CT molecular complexity index is 309. The summed E-state index contributed by atoms with van der Waals surface area (Å²) in [5, 5.41) is 3.53. The van der Waals surface area contributed by atoms with Crippen LogP contribution in [0, 0.1) is 6.92 Å². The molecule has 0 aliphatic carbocycles. The fourth-order valence-corrected chi connectivity index (χ4v) is 2.71. The van der Waals surface area contributed by atoms with Crippen LogP contribution >= 0.6 is 11.8 Å². The highest BCUT2D eigenvalue weighted by Gasteiger charge is 2.23. The number of aryl methyl sites for hydroxylation is 1. The van der Waals surface area contributed by atoms with Crippen molar-refractivity contribution in [1.82, 2.24) is 10.3 Å². The summed E-state index contributed by atoms with van der Waals surface area (Å²) in [5.41, 5.74) is 2.34. The minimum atomic E-state index is 0.380. The number of pyridine rings is 1. The number of hydrogen-bond donors (Lipinski definition) is 1. The van der Waals surface area contributed by atoms with Gasteiger partial charge in [-0.25, -0.2) is 0 Å². The predicted octanol–water partition coefficient (Wildman–Crippen LogP) is 3.40. The van der Waals surface area contributed by atoms with Crippen LogP contribution in [0.15, 0.2) is 18.3 Å². The van der Waals surface area contributed by atoms with Gasteiger partial charge in [-0.15, -0.1) is 0 Å². The van der Waals surface area contributed by atoms with Crippen molar-refractivity contribution >= 4 is 11.8 Å². The van der Waals surface area contributed by atoms with E-state index in [4.69, 9.17) is 0 Å². The Balaban J connectivity index is 2.43. The molecule has 0 bridgehead atoms. The molecule has 3 heteroatoms. The lowest BCUT2D eigenvalue weighted by Gasteiger charge is -2.29. The van der Waals surface area contributed by atoms with Crippen LogP contribution in [0.25, 0.3) is 0 Å².